The van der Waals surface area contributed by atoms with E-state index in [0.29, 0.717) is 0 Å². The Labute approximate surface area is 150 Å². The number of hydrogen-bond donors (Lipinski definition) is 1. The van der Waals surface area contributed by atoms with Crippen molar-refractivity contribution in [2.45, 2.75) is 19.5 Å². The van der Waals surface area contributed by atoms with Gasteiger partial charge in [0.2, 0.25) is 0 Å². The molecule has 2 aromatic heterocycles. The molecule has 0 amide bonds. The molecule has 130 valence electrons. The third-order valence-electron chi connectivity index (χ3n) is 4.26. The molecule has 1 aromatic carbocycles. The topological polar surface area (TPSA) is 42.7 Å². The van der Waals surface area contributed by atoms with Crippen molar-refractivity contribution in [1.29, 1.82) is 0 Å². The van der Waals surface area contributed by atoms with Crippen LogP contribution in [0.3, 0.4) is 0 Å². The molecule has 0 atom stereocenters. The van der Waals surface area contributed by atoms with Crippen LogP contribution in [0.25, 0.3) is 22.4 Å². The molecular formula is C18H17ClF2N4. The maximum Gasteiger partial charge on any atom is 0.263 e. The number of nitrogens with zero attached hydrogens (tertiary/aromatic N) is 3. The molecule has 3 aromatic rings. The lowest BCUT2D eigenvalue weighted by atomic mass is 9.98. The molecule has 1 aliphatic heterocycles. The van der Waals surface area contributed by atoms with Gasteiger partial charge in [-0.15, -0.1) is 12.4 Å². The lowest BCUT2D eigenvalue weighted by molar-refractivity contribution is 0.151. The van der Waals surface area contributed by atoms with Gasteiger partial charge in [-0.2, -0.15) is 5.10 Å². The number of alkyl halides is 2. The molecule has 1 N–H and O–H groups in total. The Bertz CT molecular complexity index is 848. The molecular weight excluding hydrogens is 346 g/mol. The number of nitrogens with one attached hydrogen (secondary N) is 1. The number of hydrogen-bond acceptors (Lipinski definition) is 3. The minimum Gasteiger partial charge on any atom is -0.309 e. The van der Waals surface area contributed by atoms with E-state index in [1.165, 1.54) is 12.1 Å². The van der Waals surface area contributed by atoms with Gasteiger partial charge in [-0.3, -0.25) is 9.67 Å². The van der Waals surface area contributed by atoms with Crippen molar-refractivity contribution in [2.75, 3.05) is 6.54 Å². The van der Waals surface area contributed by atoms with Crippen LogP contribution >= 0.6 is 12.4 Å². The van der Waals surface area contributed by atoms with Gasteiger partial charge in [0.05, 0.1) is 12.2 Å². The number of pyridine rings is 1. The lowest BCUT2D eigenvalue weighted by Crippen LogP contribution is -2.28. The quantitative estimate of drug-likeness (QED) is 0.763. The van der Waals surface area contributed by atoms with Crippen molar-refractivity contribution in [3.05, 3.63) is 60.0 Å². The third-order valence-corrected chi connectivity index (χ3v) is 4.26. The van der Waals surface area contributed by atoms with Gasteiger partial charge in [0.1, 0.15) is 5.69 Å². The van der Waals surface area contributed by atoms with Crippen LogP contribution < -0.4 is 5.32 Å². The molecule has 0 bridgehead atoms. The zero-order valence-electron chi connectivity index (χ0n) is 13.3. The van der Waals surface area contributed by atoms with Crippen molar-refractivity contribution in [1.82, 2.24) is 20.1 Å². The van der Waals surface area contributed by atoms with Gasteiger partial charge in [0, 0.05) is 42.2 Å². The zero-order chi connectivity index (χ0) is 16.5. The van der Waals surface area contributed by atoms with Gasteiger partial charge in [0.25, 0.3) is 6.43 Å². The van der Waals surface area contributed by atoms with Crippen LogP contribution in [-0.2, 0) is 13.1 Å². The smallest absolute Gasteiger partial charge is 0.263 e. The second-order valence-electron chi connectivity index (χ2n) is 5.73. The van der Waals surface area contributed by atoms with Gasteiger partial charge in [-0.1, -0.05) is 24.3 Å². The number of halogens is 3. The fraction of sp³-hybridized carbons (Fsp3) is 0.222. The predicted octanol–water partition coefficient (Wildman–Crippen LogP) is 4.07. The molecule has 3 heterocycles. The fourth-order valence-electron chi connectivity index (χ4n) is 3.06. The highest BCUT2D eigenvalue weighted by atomic mass is 35.5. The first-order chi connectivity index (χ1) is 11.7. The second-order valence-corrected chi connectivity index (χ2v) is 5.73. The van der Waals surface area contributed by atoms with E-state index < -0.39 is 6.43 Å². The first-order valence-electron chi connectivity index (χ1n) is 7.83. The Morgan fingerprint density at radius 1 is 1.00 bits per heavy atom. The van der Waals surface area contributed by atoms with Crippen molar-refractivity contribution < 1.29 is 8.78 Å². The largest absolute Gasteiger partial charge is 0.309 e. The summed E-state index contributed by atoms with van der Waals surface area (Å²) < 4.78 is 27.6. The van der Waals surface area contributed by atoms with Gasteiger partial charge in [-0.05, 0) is 17.7 Å². The Morgan fingerprint density at radius 3 is 2.40 bits per heavy atom. The maximum absolute atomic E-state index is 12.8. The molecule has 0 fully saturated rings. The highest BCUT2D eigenvalue weighted by molar-refractivity contribution is 5.85. The van der Waals surface area contributed by atoms with Crippen LogP contribution in [0.2, 0.25) is 0 Å². The highest BCUT2D eigenvalue weighted by Gasteiger charge is 2.22. The molecule has 4 rings (SSSR count). The molecule has 0 spiro atoms. The van der Waals surface area contributed by atoms with E-state index in [1.54, 1.807) is 24.5 Å². The Morgan fingerprint density at radius 2 is 1.72 bits per heavy atom. The van der Waals surface area contributed by atoms with E-state index in [4.69, 9.17) is 5.10 Å². The van der Waals surface area contributed by atoms with Gasteiger partial charge >= 0.3 is 0 Å². The molecule has 0 saturated heterocycles. The van der Waals surface area contributed by atoms with Crippen LogP contribution in [0.1, 0.15) is 17.7 Å². The Balaban J connectivity index is 0.00000182. The number of rotatable bonds is 3. The predicted molar refractivity (Wildman–Crippen MR) is 94.8 cm³/mol. The van der Waals surface area contributed by atoms with E-state index in [-0.39, 0.29) is 18.0 Å². The monoisotopic (exact) mass is 362 g/mol. The molecule has 25 heavy (non-hydrogen) atoms. The van der Waals surface area contributed by atoms with Crippen molar-refractivity contribution >= 4 is 12.4 Å². The number of aromatic nitrogens is 3. The van der Waals surface area contributed by atoms with Crippen molar-refractivity contribution in [3.8, 4) is 22.4 Å². The summed E-state index contributed by atoms with van der Waals surface area (Å²) in [4.78, 5) is 4.07. The van der Waals surface area contributed by atoms with E-state index in [9.17, 15) is 8.78 Å². The van der Waals surface area contributed by atoms with Crippen LogP contribution in [-0.4, -0.2) is 21.3 Å². The van der Waals surface area contributed by atoms with Crippen LogP contribution in [0.15, 0.2) is 48.8 Å². The summed E-state index contributed by atoms with van der Waals surface area (Å²) in [6, 6.07) is 10.3. The molecule has 0 radical (unpaired) electrons. The van der Waals surface area contributed by atoms with Crippen LogP contribution in [0.5, 0.6) is 0 Å². The minimum atomic E-state index is -2.46. The highest BCUT2D eigenvalue weighted by Crippen LogP contribution is 2.35. The maximum atomic E-state index is 12.8. The fourth-order valence-corrected chi connectivity index (χ4v) is 3.06. The van der Waals surface area contributed by atoms with Crippen LogP contribution in [0.4, 0.5) is 8.78 Å². The Hall–Kier alpha value is -2.31. The SMILES string of the molecule is Cl.FC(F)c1ccc(-c2nn3c(c2-c2ccncc2)CNCC3)cc1. The standard InChI is InChI=1S/C18H16F2N4.ClH/c19-18(20)14-3-1-13(2-4-14)17-16(12-5-7-21-8-6-12)15-11-22-9-10-24(15)23-17;/h1-8,18,22H,9-11H2;1H. The molecule has 0 unspecified atom stereocenters. The lowest BCUT2D eigenvalue weighted by Gasteiger charge is -2.16. The molecule has 0 saturated carbocycles. The van der Waals surface area contributed by atoms with Gasteiger partial charge in [0.15, 0.2) is 0 Å². The first-order valence-corrected chi connectivity index (χ1v) is 7.83. The Kier molecular flexibility index (Phi) is 5.11. The third kappa shape index (κ3) is 3.27. The van der Waals surface area contributed by atoms with E-state index in [2.05, 4.69) is 10.3 Å². The molecule has 4 nitrogen and oxygen atoms in total. The average Bonchev–Trinajstić information content (AvgIpc) is 3.02. The summed E-state index contributed by atoms with van der Waals surface area (Å²) in [6.07, 6.45) is 1.04. The summed E-state index contributed by atoms with van der Waals surface area (Å²) in [6.45, 7) is 2.40. The van der Waals surface area contributed by atoms with Crippen LogP contribution in [0, 0.1) is 0 Å². The minimum absolute atomic E-state index is 0. The van der Waals surface area contributed by atoms with Gasteiger partial charge in [-0.25, -0.2) is 8.78 Å². The zero-order valence-corrected chi connectivity index (χ0v) is 14.1. The normalized spacial score (nSPS) is 13.4. The van der Waals surface area contributed by atoms with E-state index in [1.807, 2.05) is 16.8 Å². The number of fused-ring (bicyclic) bond motifs is 1. The summed E-state index contributed by atoms with van der Waals surface area (Å²) in [7, 11) is 0. The van der Waals surface area contributed by atoms with Crippen molar-refractivity contribution in [3.63, 3.8) is 0 Å². The molecule has 1 aliphatic rings. The van der Waals surface area contributed by atoms with Crippen molar-refractivity contribution in [2.24, 2.45) is 0 Å². The van der Waals surface area contributed by atoms with E-state index in [0.717, 1.165) is 47.7 Å². The second kappa shape index (κ2) is 7.29. The van der Waals surface area contributed by atoms with Gasteiger partial charge < -0.3 is 5.32 Å². The first kappa shape index (κ1) is 17.5. The number of benzene rings is 1. The molecule has 7 heteroatoms. The van der Waals surface area contributed by atoms with E-state index >= 15 is 0 Å². The summed E-state index contributed by atoms with van der Waals surface area (Å²) >= 11 is 0. The summed E-state index contributed by atoms with van der Waals surface area (Å²) in [5.74, 6) is 0. The summed E-state index contributed by atoms with van der Waals surface area (Å²) in [5, 5.41) is 8.10. The average molecular weight is 363 g/mol. The molecule has 0 aliphatic carbocycles. The summed E-state index contributed by atoms with van der Waals surface area (Å²) in [5.41, 5.74) is 4.86.